The molecule has 0 bridgehead atoms. The van der Waals surface area contributed by atoms with Gasteiger partial charge in [-0.1, -0.05) is 51.8 Å². The summed E-state index contributed by atoms with van der Waals surface area (Å²) in [5, 5.41) is 0. The number of para-hydroxylation sites is 1. The highest BCUT2D eigenvalue weighted by molar-refractivity contribution is 5.70. The maximum Gasteiger partial charge on any atom is 0.214 e. The molecule has 1 aliphatic carbocycles. The van der Waals surface area contributed by atoms with Gasteiger partial charge in [-0.25, -0.2) is 0 Å². The molecule has 0 spiro atoms. The summed E-state index contributed by atoms with van der Waals surface area (Å²) in [6.45, 7) is 8.52. The van der Waals surface area contributed by atoms with Gasteiger partial charge in [0.1, 0.15) is 5.75 Å². The Morgan fingerprint density at radius 1 is 1.14 bits per heavy atom. The van der Waals surface area contributed by atoms with Crippen LogP contribution in [0, 0.1) is 5.41 Å². The van der Waals surface area contributed by atoms with Crippen LogP contribution in [-0.4, -0.2) is 13.0 Å². The van der Waals surface area contributed by atoms with E-state index in [9.17, 15) is 4.79 Å². The number of rotatable bonds is 2. The van der Waals surface area contributed by atoms with Crippen molar-refractivity contribution in [1.82, 2.24) is 0 Å². The minimum Gasteiger partial charge on any atom is -0.496 e. The van der Waals surface area contributed by atoms with Gasteiger partial charge in [-0.3, -0.25) is 4.79 Å². The number of carbonyl (C=O) groups is 1. The Hall–Kier alpha value is -1.51. The van der Waals surface area contributed by atoms with Crippen LogP contribution in [0.2, 0.25) is 0 Å². The fourth-order valence-electron chi connectivity index (χ4n) is 3.26. The van der Waals surface area contributed by atoms with Crippen LogP contribution in [0.5, 0.6) is 5.75 Å². The summed E-state index contributed by atoms with van der Waals surface area (Å²) < 4.78 is 5.56. The first-order valence-electron chi connectivity index (χ1n) is 7.64. The maximum absolute atomic E-state index is 9.22. The first-order chi connectivity index (χ1) is 9.74. The maximum atomic E-state index is 9.22. The second kappa shape index (κ2) is 6.97. The standard InChI is InChI=1S/C16H24O.C2H5NO/c1-15(2)11-7-8-12-16(15,3)13-9-5-6-10-14(13)17-4;1-2(3)4/h5-6,9-10H,7-8,11-12H2,1-4H3;1H3,(H2,3,4). The molecule has 0 aromatic heterocycles. The summed E-state index contributed by atoms with van der Waals surface area (Å²) in [7, 11) is 1.78. The molecular weight excluding hydrogens is 262 g/mol. The lowest BCUT2D eigenvalue weighted by Crippen LogP contribution is -2.42. The van der Waals surface area contributed by atoms with Crippen molar-refractivity contribution < 1.29 is 9.53 Å². The van der Waals surface area contributed by atoms with Gasteiger partial charge in [0.2, 0.25) is 5.91 Å². The number of methoxy groups -OCH3 is 1. The van der Waals surface area contributed by atoms with Gasteiger partial charge < -0.3 is 10.5 Å². The normalized spacial score (nSPS) is 23.7. The molecule has 1 aromatic carbocycles. The zero-order chi connectivity index (χ0) is 16.1. The predicted molar refractivity (Wildman–Crippen MR) is 87.5 cm³/mol. The molecule has 0 radical (unpaired) electrons. The van der Waals surface area contributed by atoms with E-state index in [0.717, 1.165) is 5.75 Å². The number of nitrogens with two attached hydrogens (primary N) is 1. The van der Waals surface area contributed by atoms with Crippen molar-refractivity contribution in [3.8, 4) is 5.75 Å². The molecule has 1 unspecified atom stereocenters. The Kier molecular flexibility index (Phi) is 5.82. The third-order valence-corrected chi connectivity index (χ3v) is 4.92. The lowest BCUT2D eigenvalue weighted by Gasteiger charge is -2.49. The Morgan fingerprint density at radius 2 is 1.67 bits per heavy atom. The topological polar surface area (TPSA) is 52.3 Å². The third kappa shape index (κ3) is 3.99. The van der Waals surface area contributed by atoms with Gasteiger partial charge in [0, 0.05) is 17.9 Å². The molecule has 1 aromatic rings. The largest absolute Gasteiger partial charge is 0.496 e. The van der Waals surface area contributed by atoms with Crippen molar-refractivity contribution in [1.29, 1.82) is 0 Å². The molecule has 1 fully saturated rings. The first kappa shape index (κ1) is 17.5. The molecule has 2 N–H and O–H groups in total. The molecule has 0 saturated heterocycles. The fraction of sp³-hybridized carbons (Fsp3) is 0.611. The van der Waals surface area contributed by atoms with E-state index in [1.54, 1.807) is 7.11 Å². The van der Waals surface area contributed by atoms with Crippen LogP contribution >= 0.6 is 0 Å². The Bertz CT molecular complexity index is 478. The summed E-state index contributed by atoms with van der Waals surface area (Å²) in [5.41, 5.74) is 6.43. The number of amides is 1. The van der Waals surface area contributed by atoms with E-state index >= 15 is 0 Å². The van der Waals surface area contributed by atoms with Crippen LogP contribution < -0.4 is 10.5 Å². The Balaban J connectivity index is 0.000000491. The van der Waals surface area contributed by atoms with Crippen molar-refractivity contribution in [2.75, 3.05) is 7.11 Å². The molecule has 0 aliphatic heterocycles. The minimum absolute atomic E-state index is 0.234. The molecule has 118 valence electrons. The van der Waals surface area contributed by atoms with Gasteiger partial charge in [-0.2, -0.15) is 0 Å². The Morgan fingerprint density at radius 3 is 2.19 bits per heavy atom. The van der Waals surface area contributed by atoms with Gasteiger partial charge in [0.25, 0.3) is 0 Å². The molecule has 2 rings (SSSR count). The highest BCUT2D eigenvalue weighted by atomic mass is 16.5. The summed E-state index contributed by atoms with van der Waals surface area (Å²) in [5.74, 6) is 0.713. The second-order valence-corrected chi connectivity index (χ2v) is 6.73. The molecule has 3 heteroatoms. The van der Waals surface area contributed by atoms with Crippen molar-refractivity contribution >= 4 is 5.91 Å². The van der Waals surface area contributed by atoms with Crippen LogP contribution in [0.25, 0.3) is 0 Å². The predicted octanol–water partition coefficient (Wildman–Crippen LogP) is 4.04. The minimum atomic E-state index is -0.333. The molecule has 3 nitrogen and oxygen atoms in total. The average Bonchev–Trinajstić information content (AvgIpc) is 2.41. The highest BCUT2D eigenvalue weighted by Gasteiger charge is 2.45. The number of ether oxygens (including phenoxy) is 1. The summed E-state index contributed by atoms with van der Waals surface area (Å²) in [6, 6.07) is 8.52. The van der Waals surface area contributed by atoms with Crippen molar-refractivity contribution in [2.24, 2.45) is 11.1 Å². The zero-order valence-electron chi connectivity index (χ0n) is 14.0. The molecule has 1 amide bonds. The lowest BCUT2D eigenvalue weighted by molar-refractivity contribution is -0.115. The summed E-state index contributed by atoms with van der Waals surface area (Å²) in [4.78, 5) is 9.22. The third-order valence-electron chi connectivity index (χ3n) is 4.92. The van der Waals surface area contributed by atoms with Crippen LogP contribution in [0.3, 0.4) is 0 Å². The van der Waals surface area contributed by atoms with E-state index in [1.807, 2.05) is 0 Å². The van der Waals surface area contributed by atoms with Gasteiger partial charge in [0.05, 0.1) is 7.11 Å². The molecule has 21 heavy (non-hydrogen) atoms. The average molecular weight is 291 g/mol. The van der Waals surface area contributed by atoms with E-state index in [-0.39, 0.29) is 11.3 Å². The number of carbonyl (C=O) groups excluding carboxylic acids is 1. The van der Waals surface area contributed by atoms with E-state index in [4.69, 9.17) is 4.74 Å². The zero-order valence-corrected chi connectivity index (χ0v) is 14.0. The molecule has 1 saturated carbocycles. The van der Waals surface area contributed by atoms with Gasteiger partial charge in [0.15, 0.2) is 0 Å². The van der Waals surface area contributed by atoms with E-state index in [0.29, 0.717) is 5.41 Å². The molecule has 1 aliphatic rings. The van der Waals surface area contributed by atoms with Gasteiger partial charge >= 0.3 is 0 Å². The smallest absolute Gasteiger partial charge is 0.214 e. The van der Waals surface area contributed by atoms with E-state index in [2.05, 4.69) is 50.8 Å². The SMILES string of the molecule is CC(N)=O.COc1ccccc1C1(C)CCCCC1(C)C. The molecule has 0 heterocycles. The summed E-state index contributed by atoms with van der Waals surface area (Å²) in [6.07, 6.45) is 5.26. The monoisotopic (exact) mass is 291 g/mol. The number of hydrogen-bond donors (Lipinski definition) is 1. The lowest BCUT2D eigenvalue weighted by atomic mass is 9.56. The van der Waals surface area contributed by atoms with Crippen LogP contribution in [0.4, 0.5) is 0 Å². The van der Waals surface area contributed by atoms with Crippen LogP contribution in [0.1, 0.15) is 58.9 Å². The molecular formula is C18H29NO2. The number of hydrogen-bond acceptors (Lipinski definition) is 2. The molecule has 1 atom stereocenters. The summed E-state index contributed by atoms with van der Waals surface area (Å²) >= 11 is 0. The van der Waals surface area contributed by atoms with Crippen LogP contribution in [-0.2, 0) is 10.2 Å². The number of benzene rings is 1. The van der Waals surface area contributed by atoms with E-state index in [1.165, 1.54) is 38.2 Å². The van der Waals surface area contributed by atoms with Gasteiger partial charge in [-0.15, -0.1) is 0 Å². The van der Waals surface area contributed by atoms with Crippen LogP contribution in [0.15, 0.2) is 24.3 Å². The second-order valence-electron chi connectivity index (χ2n) is 6.73. The van der Waals surface area contributed by atoms with E-state index < -0.39 is 0 Å². The van der Waals surface area contributed by atoms with Crippen molar-refractivity contribution in [3.05, 3.63) is 29.8 Å². The fourth-order valence-corrected chi connectivity index (χ4v) is 3.26. The van der Waals surface area contributed by atoms with Crippen molar-refractivity contribution in [2.45, 2.75) is 58.8 Å². The number of primary amides is 1. The first-order valence-corrected chi connectivity index (χ1v) is 7.64. The highest BCUT2D eigenvalue weighted by Crippen LogP contribution is 2.53. The Labute approximate surface area is 128 Å². The van der Waals surface area contributed by atoms with Crippen molar-refractivity contribution in [3.63, 3.8) is 0 Å². The van der Waals surface area contributed by atoms with Gasteiger partial charge in [-0.05, 0) is 24.3 Å². The quantitative estimate of drug-likeness (QED) is 0.894.